The maximum absolute atomic E-state index is 5.78. The number of nitrogens with one attached hydrogen (secondary N) is 2. The third-order valence-electron chi connectivity index (χ3n) is 2.73. The minimum Gasteiger partial charge on any atom is -0.467 e. The number of hydrogen-bond acceptors (Lipinski definition) is 6. The average molecular weight is 258 g/mol. The van der Waals surface area contributed by atoms with Crippen LogP contribution in [-0.2, 0) is 0 Å². The van der Waals surface area contributed by atoms with Crippen LogP contribution in [0.15, 0.2) is 0 Å². The van der Waals surface area contributed by atoms with E-state index in [4.69, 9.17) is 16.3 Å². The van der Waals surface area contributed by atoms with Gasteiger partial charge in [0.05, 0.1) is 7.11 Å². The molecule has 2 atom stereocenters. The standard InChI is InChI=1S/C10H16ClN5O/c1-6-5-7(3-4-12-6)13-9-14-8(11)15-10(16-9)17-2/h6-7,12H,3-5H2,1-2H3,(H,13,14,15,16). The number of ether oxygens (including phenoxy) is 1. The van der Waals surface area contributed by atoms with E-state index < -0.39 is 0 Å². The SMILES string of the molecule is COc1nc(Cl)nc(NC2CCNC(C)C2)n1. The van der Waals surface area contributed by atoms with E-state index in [0.717, 1.165) is 19.4 Å². The highest BCUT2D eigenvalue weighted by atomic mass is 35.5. The lowest BCUT2D eigenvalue weighted by molar-refractivity contribution is 0.376. The highest BCUT2D eigenvalue weighted by Gasteiger charge is 2.19. The van der Waals surface area contributed by atoms with Crippen molar-refractivity contribution in [3.8, 4) is 6.01 Å². The molecule has 0 amide bonds. The van der Waals surface area contributed by atoms with Gasteiger partial charge in [-0.25, -0.2) is 0 Å². The molecule has 0 bridgehead atoms. The molecule has 2 unspecified atom stereocenters. The molecule has 0 saturated carbocycles. The molecule has 1 aromatic heterocycles. The van der Waals surface area contributed by atoms with Crippen LogP contribution in [0.1, 0.15) is 19.8 Å². The van der Waals surface area contributed by atoms with E-state index in [-0.39, 0.29) is 11.3 Å². The van der Waals surface area contributed by atoms with Crippen molar-refractivity contribution in [2.45, 2.75) is 31.8 Å². The zero-order valence-corrected chi connectivity index (χ0v) is 10.7. The number of aromatic nitrogens is 3. The molecule has 2 rings (SSSR count). The lowest BCUT2D eigenvalue weighted by Crippen LogP contribution is -2.41. The second-order valence-corrected chi connectivity index (χ2v) is 4.47. The van der Waals surface area contributed by atoms with Crippen molar-refractivity contribution >= 4 is 17.5 Å². The summed E-state index contributed by atoms with van der Waals surface area (Å²) in [7, 11) is 1.50. The molecule has 2 N–H and O–H groups in total. The summed E-state index contributed by atoms with van der Waals surface area (Å²) in [5.74, 6) is 0.473. The number of nitrogens with zero attached hydrogens (tertiary/aromatic N) is 3. The van der Waals surface area contributed by atoms with Gasteiger partial charge < -0.3 is 15.4 Å². The van der Waals surface area contributed by atoms with Crippen molar-refractivity contribution in [2.75, 3.05) is 19.0 Å². The largest absolute Gasteiger partial charge is 0.467 e. The smallest absolute Gasteiger partial charge is 0.322 e. The fourth-order valence-corrected chi connectivity index (χ4v) is 2.09. The van der Waals surface area contributed by atoms with Crippen LogP contribution in [0.4, 0.5) is 5.95 Å². The predicted molar refractivity (Wildman–Crippen MR) is 65.5 cm³/mol. The lowest BCUT2D eigenvalue weighted by Gasteiger charge is -2.28. The molecule has 17 heavy (non-hydrogen) atoms. The minimum absolute atomic E-state index is 0.140. The summed E-state index contributed by atoms with van der Waals surface area (Å²) < 4.78 is 4.95. The molecule has 1 fully saturated rings. The van der Waals surface area contributed by atoms with Crippen LogP contribution < -0.4 is 15.4 Å². The summed E-state index contributed by atoms with van der Waals surface area (Å²) in [6.07, 6.45) is 2.07. The van der Waals surface area contributed by atoms with Crippen molar-refractivity contribution in [1.82, 2.24) is 20.3 Å². The third-order valence-corrected chi connectivity index (χ3v) is 2.90. The summed E-state index contributed by atoms with van der Waals surface area (Å²) in [4.78, 5) is 12.0. The van der Waals surface area contributed by atoms with Crippen molar-refractivity contribution in [3.05, 3.63) is 5.28 Å². The van der Waals surface area contributed by atoms with E-state index >= 15 is 0 Å². The van der Waals surface area contributed by atoms with Crippen molar-refractivity contribution in [2.24, 2.45) is 0 Å². The molecule has 1 aromatic rings. The predicted octanol–water partition coefficient (Wildman–Crippen LogP) is 1.09. The molecule has 94 valence electrons. The van der Waals surface area contributed by atoms with E-state index in [1.807, 2.05) is 0 Å². The van der Waals surface area contributed by atoms with Crippen LogP contribution in [0, 0.1) is 0 Å². The number of anilines is 1. The first-order chi connectivity index (χ1) is 8.17. The first-order valence-corrected chi connectivity index (χ1v) is 6.00. The molecular weight excluding hydrogens is 242 g/mol. The van der Waals surface area contributed by atoms with E-state index in [2.05, 4.69) is 32.5 Å². The summed E-state index contributed by atoms with van der Waals surface area (Å²) in [5, 5.41) is 6.79. The molecule has 7 heteroatoms. The molecule has 1 aliphatic heterocycles. The maximum Gasteiger partial charge on any atom is 0.322 e. The molecule has 0 aromatic carbocycles. The van der Waals surface area contributed by atoms with E-state index in [0.29, 0.717) is 18.0 Å². The topological polar surface area (TPSA) is 72.0 Å². The van der Waals surface area contributed by atoms with Gasteiger partial charge >= 0.3 is 6.01 Å². The van der Waals surface area contributed by atoms with E-state index in [1.54, 1.807) is 0 Å². The fraction of sp³-hybridized carbons (Fsp3) is 0.700. The molecule has 6 nitrogen and oxygen atoms in total. The lowest BCUT2D eigenvalue weighted by atomic mass is 10.0. The van der Waals surface area contributed by atoms with Gasteiger partial charge in [0, 0.05) is 12.1 Å². The minimum atomic E-state index is 0.140. The second kappa shape index (κ2) is 5.46. The number of halogens is 1. The summed E-state index contributed by atoms with van der Waals surface area (Å²) in [5.41, 5.74) is 0. The van der Waals surface area contributed by atoms with Gasteiger partial charge in [-0.2, -0.15) is 15.0 Å². The highest BCUT2D eigenvalue weighted by molar-refractivity contribution is 6.28. The van der Waals surface area contributed by atoms with Gasteiger partial charge in [0.25, 0.3) is 0 Å². The van der Waals surface area contributed by atoms with Gasteiger partial charge in [0.2, 0.25) is 11.2 Å². The second-order valence-electron chi connectivity index (χ2n) is 4.14. The molecular formula is C10H16ClN5O. The Labute approximate surface area is 105 Å². The van der Waals surface area contributed by atoms with Crippen LogP contribution in [0.25, 0.3) is 0 Å². The van der Waals surface area contributed by atoms with Crippen LogP contribution in [0.5, 0.6) is 6.01 Å². The number of methoxy groups -OCH3 is 1. The van der Waals surface area contributed by atoms with Crippen molar-refractivity contribution in [3.63, 3.8) is 0 Å². The monoisotopic (exact) mass is 257 g/mol. The Hall–Kier alpha value is -1.14. The van der Waals surface area contributed by atoms with Crippen LogP contribution in [0.3, 0.4) is 0 Å². The zero-order valence-electron chi connectivity index (χ0n) is 9.90. The fourth-order valence-electron chi connectivity index (χ4n) is 1.93. The van der Waals surface area contributed by atoms with Gasteiger partial charge in [0.15, 0.2) is 0 Å². The zero-order chi connectivity index (χ0) is 12.3. The van der Waals surface area contributed by atoms with E-state index in [1.165, 1.54) is 7.11 Å². The van der Waals surface area contributed by atoms with Crippen molar-refractivity contribution in [1.29, 1.82) is 0 Å². The number of rotatable bonds is 3. The molecule has 0 spiro atoms. The Morgan fingerprint density at radius 3 is 2.94 bits per heavy atom. The highest BCUT2D eigenvalue weighted by Crippen LogP contribution is 2.16. The van der Waals surface area contributed by atoms with Crippen LogP contribution >= 0.6 is 11.6 Å². The maximum atomic E-state index is 5.78. The van der Waals surface area contributed by atoms with Gasteiger partial charge in [-0.05, 0) is 37.9 Å². The summed E-state index contributed by atoms with van der Waals surface area (Å²) in [6.45, 7) is 3.16. The van der Waals surface area contributed by atoms with Crippen LogP contribution in [-0.4, -0.2) is 40.7 Å². The van der Waals surface area contributed by atoms with E-state index in [9.17, 15) is 0 Å². The number of piperidine rings is 1. The Morgan fingerprint density at radius 1 is 1.41 bits per heavy atom. The Balaban J connectivity index is 2.04. The van der Waals surface area contributed by atoms with Gasteiger partial charge in [-0.15, -0.1) is 0 Å². The summed E-state index contributed by atoms with van der Waals surface area (Å²) >= 11 is 5.78. The van der Waals surface area contributed by atoms with Gasteiger partial charge in [-0.1, -0.05) is 0 Å². The first kappa shape index (κ1) is 12.3. The number of hydrogen-bond donors (Lipinski definition) is 2. The summed E-state index contributed by atoms with van der Waals surface area (Å²) in [6, 6.07) is 1.09. The molecule has 2 heterocycles. The molecule has 0 aliphatic carbocycles. The third kappa shape index (κ3) is 3.41. The normalized spacial score (nSPS) is 24.4. The molecule has 0 radical (unpaired) electrons. The first-order valence-electron chi connectivity index (χ1n) is 5.63. The molecule has 1 saturated heterocycles. The van der Waals surface area contributed by atoms with Crippen LogP contribution in [0.2, 0.25) is 5.28 Å². The van der Waals surface area contributed by atoms with Crippen molar-refractivity contribution < 1.29 is 4.74 Å². The Kier molecular flexibility index (Phi) is 3.96. The van der Waals surface area contributed by atoms with Gasteiger partial charge in [-0.3, -0.25) is 0 Å². The quantitative estimate of drug-likeness (QED) is 0.845. The Bertz CT molecular complexity index is 389. The Morgan fingerprint density at radius 2 is 2.24 bits per heavy atom. The average Bonchev–Trinajstić information content (AvgIpc) is 2.28. The van der Waals surface area contributed by atoms with Gasteiger partial charge in [0.1, 0.15) is 0 Å². The molecule has 1 aliphatic rings.